The second-order valence-electron chi connectivity index (χ2n) is 6.51. The van der Waals surface area contributed by atoms with Crippen molar-refractivity contribution in [2.45, 2.75) is 0 Å². The summed E-state index contributed by atoms with van der Waals surface area (Å²) in [6.07, 6.45) is 3.31. The molecule has 0 aliphatic carbocycles. The first-order valence-electron chi connectivity index (χ1n) is 8.89. The molecule has 0 fully saturated rings. The van der Waals surface area contributed by atoms with E-state index < -0.39 is 5.91 Å². The molecule has 1 aromatic heterocycles. The van der Waals surface area contributed by atoms with Gasteiger partial charge in [-0.25, -0.2) is 4.99 Å². The summed E-state index contributed by atoms with van der Waals surface area (Å²) in [7, 11) is 1.58. The molecule has 0 spiro atoms. The lowest BCUT2D eigenvalue weighted by atomic mass is 10.1. The zero-order chi connectivity index (χ0) is 20.8. The lowest BCUT2D eigenvalue weighted by molar-refractivity contribution is -0.114. The van der Waals surface area contributed by atoms with E-state index in [9.17, 15) is 9.90 Å². The van der Waals surface area contributed by atoms with Gasteiger partial charge < -0.3 is 19.3 Å². The second kappa shape index (κ2) is 7.12. The summed E-state index contributed by atoms with van der Waals surface area (Å²) in [6, 6.07) is 10.6. The fourth-order valence-corrected chi connectivity index (χ4v) is 4.54. The average Bonchev–Trinajstić information content (AvgIpc) is 3.30. The van der Waals surface area contributed by atoms with Gasteiger partial charge in [-0.05, 0) is 54.7 Å². The van der Waals surface area contributed by atoms with Crippen molar-refractivity contribution in [2.24, 2.45) is 4.99 Å². The molecule has 9 heteroatoms. The predicted octanol–water partition coefficient (Wildman–Crippen LogP) is 2.74. The van der Waals surface area contributed by atoms with Crippen LogP contribution in [0.2, 0.25) is 0 Å². The Morgan fingerprint density at radius 3 is 2.70 bits per heavy atom. The summed E-state index contributed by atoms with van der Waals surface area (Å²) in [5.74, 6) is 1.43. The summed E-state index contributed by atoms with van der Waals surface area (Å²) in [6.45, 7) is 0.144. The highest BCUT2D eigenvalue weighted by Crippen LogP contribution is 2.33. The van der Waals surface area contributed by atoms with Crippen molar-refractivity contribution in [1.29, 1.82) is 0 Å². The van der Waals surface area contributed by atoms with Crippen LogP contribution in [-0.4, -0.2) is 29.5 Å². The van der Waals surface area contributed by atoms with Crippen molar-refractivity contribution >= 4 is 41.6 Å². The highest BCUT2D eigenvalue weighted by molar-refractivity contribution is 7.73. The minimum atomic E-state index is -0.406. The van der Waals surface area contributed by atoms with Crippen LogP contribution in [0.25, 0.3) is 17.8 Å². The summed E-state index contributed by atoms with van der Waals surface area (Å²) in [4.78, 5) is 17.1. The largest absolute Gasteiger partial charge is 0.497 e. The number of rotatable bonds is 3. The number of fused-ring (bicyclic) bond motifs is 2. The van der Waals surface area contributed by atoms with E-state index in [1.165, 1.54) is 11.3 Å². The predicted molar refractivity (Wildman–Crippen MR) is 113 cm³/mol. The molecule has 0 bridgehead atoms. The van der Waals surface area contributed by atoms with Crippen LogP contribution in [0.15, 0.2) is 47.0 Å². The molecule has 1 N–H and O–H groups in total. The van der Waals surface area contributed by atoms with Gasteiger partial charge >= 0.3 is 0 Å². The molecule has 2 aliphatic rings. The fraction of sp³-hybridized carbons (Fsp3) is 0.0952. The molecule has 3 aromatic rings. The van der Waals surface area contributed by atoms with Crippen molar-refractivity contribution in [3.63, 3.8) is 0 Å². The smallest absolute Gasteiger partial charge is 0.277 e. The van der Waals surface area contributed by atoms with Gasteiger partial charge in [-0.3, -0.25) is 9.36 Å². The van der Waals surface area contributed by atoms with Gasteiger partial charge in [0.1, 0.15) is 5.75 Å². The first-order chi connectivity index (χ1) is 14.5. The van der Waals surface area contributed by atoms with Gasteiger partial charge in [-0.1, -0.05) is 0 Å². The maximum absolute atomic E-state index is 12.5. The van der Waals surface area contributed by atoms with E-state index in [4.69, 9.17) is 26.4 Å². The molecule has 0 radical (unpaired) electrons. The number of thiazole rings is 1. The standard InChI is InChI=1S/C21H14N2O5S2/c1-26-14-4-2-13(3-5-14)23-20(25)18(30-21(23)29)8-12-6-11-7-16-17(28-10-27-16)9-15(11)22-19(12)24/h2-9,25H,10H2,1H3. The van der Waals surface area contributed by atoms with Crippen LogP contribution in [0.4, 0.5) is 0 Å². The van der Waals surface area contributed by atoms with Crippen LogP contribution in [0.1, 0.15) is 4.88 Å². The van der Waals surface area contributed by atoms with Crippen molar-refractivity contribution in [1.82, 2.24) is 4.57 Å². The summed E-state index contributed by atoms with van der Waals surface area (Å²) < 4.78 is 17.9. The number of amides is 1. The first-order valence-corrected chi connectivity index (χ1v) is 10.1. The van der Waals surface area contributed by atoms with Gasteiger partial charge in [0.25, 0.3) is 5.91 Å². The maximum atomic E-state index is 12.5. The molecule has 0 saturated heterocycles. The molecule has 0 atom stereocenters. The van der Waals surface area contributed by atoms with Gasteiger partial charge in [0.2, 0.25) is 12.7 Å². The topological polar surface area (TPSA) is 82.3 Å². The highest BCUT2D eigenvalue weighted by atomic mass is 32.1. The number of ether oxygens (including phenoxy) is 3. The number of carbonyl (C=O) groups is 1. The molecule has 150 valence electrons. The lowest BCUT2D eigenvalue weighted by Crippen LogP contribution is -2.30. The SMILES string of the molecule is COc1ccc(-n2c(O)c(C=C3C=c4cc5c(cc4=NC3=O)OCO5)sc2=S)cc1. The van der Waals surface area contributed by atoms with E-state index >= 15 is 0 Å². The molecule has 5 rings (SSSR count). The normalized spacial score (nSPS) is 15.5. The molecule has 7 nitrogen and oxygen atoms in total. The molecular weight excluding hydrogens is 424 g/mol. The van der Waals surface area contributed by atoms with Gasteiger partial charge in [0.15, 0.2) is 15.5 Å². The van der Waals surface area contributed by atoms with E-state index in [0.717, 1.165) is 5.22 Å². The number of methoxy groups -OCH3 is 1. The van der Waals surface area contributed by atoms with Crippen LogP contribution in [0, 0.1) is 3.95 Å². The Morgan fingerprint density at radius 1 is 1.23 bits per heavy atom. The number of hydrogen-bond acceptors (Lipinski definition) is 7. The Kier molecular flexibility index (Phi) is 4.41. The average molecular weight is 438 g/mol. The van der Waals surface area contributed by atoms with E-state index in [1.54, 1.807) is 60.2 Å². The van der Waals surface area contributed by atoms with Gasteiger partial charge in [0, 0.05) is 16.9 Å². The lowest BCUT2D eigenvalue weighted by Gasteiger charge is -2.06. The molecule has 2 aromatic carbocycles. The van der Waals surface area contributed by atoms with Crippen LogP contribution in [0.3, 0.4) is 0 Å². The van der Waals surface area contributed by atoms with Crippen LogP contribution in [0.5, 0.6) is 23.1 Å². The molecule has 3 heterocycles. The highest BCUT2D eigenvalue weighted by Gasteiger charge is 2.19. The third-order valence-corrected chi connectivity index (χ3v) is 6.04. The molecule has 0 saturated carbocycles. The Morgan fingerprint density at radius 2 is 1.97 bits per heavy atom. The number of hydrogen-bond donors (Lipinski definition) is 1. The third kappa shape index (κ3) is 3.08. The zero-order valence-electron chi connectivity index (χ0n) is 15.6. The summed E-state index contributed by atoms with van der Waals surface area (Å²) in [5, 5.41) is 12.0. The Hall–Kier alpha value is -3.43. The number of carbonyl (C=O) groups excluding carboxylic acids is 1. The third-order valence-electron chi connectivity index (χ3n) is 4.73. The molecule has 30 heavy (non-hydrogen) atoms. The van der Waals surface area contributed by atoms with Crippen molar-refractivity contribution in [2.75, 3.05) is 13.9 Å². The number of aromatic hydroxyl groups is 1. The fourth-order valence-electron chi connectivity index (χ4n) is 3.24. The molecule has 0 unspecified atom stereocenters. The Bertz CT molecular complexity index is 1400. The van der Waals surface area contributed by atoms with E-state index in [2.05, 4.69) is 4.99 Å². The minimum Gasteiger partial charge on any atom is -0.497 e. The Balaban J connectivity index is 1.58. The number of benzene rings is 2. The maximum Gasteiger partial charge on any atom is 0.277 e. The second-order valence-corrected chi connectivity index (χ2v) is 8.19. The number of nitrogens with zero attached hydrogens (tertiary/aromatic N) is 2. The van der Waals surface area contributed by atoms with Crippen LogP contribution < -0.4 is 24.8 Å². The molecular formula is C21H14N2O5S2. The first kappa shape index (κ1) is 18.6. The molecule has 1 amide bonds. The summed E-state index contributed by atoms with van der Waals surface area (Å²) >= 11 is 6.63. The van der Waals surface area contributed by atoms with E-state index in [-0.39, 0.29) is 12.7 Å². The van der Waals surface area contributed by atoms with Crippen LogP contribution >= 0.6 is 23.6 Å². The Labute approximate surface area is 179 Å². The van der Waals surface area contributed by atoms with Gasteiger partial charge in [0.05, 0.1) is 23.0 Å². The van der Waals surface area contributed by atoms with Crippen molar-refractivity contribution < 1.29 is 24.1 Å². The zero-order valence-corrected chi connectivity index (χ0v) is 17.3. The van der Waals surface area contributed by atoms with Crippen molar-refractivity contribution in [3.05, 3.63) is 61.4 Å². The minimum absolute atomic E-state index is 0.0413. The van der Waals surface area contributed by atoms with Crippen molar-refractivity contribution in [3.8, 4) is 28.8 Å². The van der Waals surface area contributed by atoms with Crippen LogP contribution in [-0.2, 0) is 4.79 Å². The monoisotopic (exact) mass is 438 g/mol. The van der Waals surface area contributed by atoms with E-state index in [1.807, 2.05) is 0 Å². The molecule has 2 aliphatic heterocycles. The quantitative estimate of drug-likeness (QED) is 0.500. The van der Waals surface area contributed by atoms with E-state index in [0.29, 0.717) is 42.7 Å². The summed E-state index contributed by atoms with van der Waals surface area (Å²) in [5.41, 5.74) is 1.04. The number of aromatic nitrogens is 1. The van der Waals surface area contributed by atoms with Gasteiger partial charge in [-0.15, -0.1) is 11.3 Å². The van der Waals surface area contributed by atoms with Gasteiger partial charge in [-0.2, -0.15) is 0 Å².